The fourth-order valence-electron chi connectivity index (χ4n) is 1.86. The summed E-state index contributed by atoms with van der Waals surface area (Å²) in [6, 6.07) is 15.8. The molecule has 20 heavy (non-hydrogen) atoms. The Hall–Kier alpha value is -2.00. The van der Waals surface area contributed by atoms with Crippen molar-refractivity contribution in [1.29, 1.82) is 0 Å². The van der Waals surface area contributed by atoms with E-state index in [1.54, 1.807) is 0 Å². The van der Waals surface area contributed by atoms with Crippen LogP contribution in [0.2, 0.25) is 5.02 Å². The minimum Gasteiger partial charge on any atom is -0.370 e. The highest BCUT2D eigenvalue weighted by atomic mass is 35.5. The highest BCUT2D eigenvalue weighted by Gasteiger charge is 2.01. The molecular formula is C16H18ClN3. The van der Waals surface area contributed by atoms with Gasteiger partial charge in [0.05, 0.1) is 6.54 Å². The van der Waals surface area contributed by atoms with Gasteiger partial charge in [0.1, 0.15) is 0 Å². The van der Waals surface area contributed by atoms with E-state index in [4.69, 9.17) is 17.3 Å². The Bertz CT molecular complexity index is 594. The van der Waals surface area contributed by atoms with Crippen molar-refractivity contribution in [3.63, 3.8) is 0 Å². The molecule has 0 heterocycles. The van der Waals surface area contributed by atoms with Gasteiger partial charge >= 0.3 is 0 Å². The van der Waals surface area contributed by atoms with Crippen molar-refractivity contribution in [2.24, 2.45) is 10.7 Å². The molecule has 0 aliphatic heterocycles. The number of hydrogen-bond donors (Lipinski definition) is 2. The van der Waals surface area contributed by atoms with Gasteiger partial charge in [-0.3, -0.25) is 0 Å². The van der Waals surface area contributed by atoms with Crippen LogP contribution in [0.3, 0.4) is 0 Å². The van der Waals surface area contributed by atoms with Crippen LogP contribution in [-0.2, 0) is 13.0 Å². The molecule has 0 atom stereocenters. The first-order valence-corrected chi connectivity index (χ1v) is 6.96. The molecule has 2 aromatic rings. The zero-order chi connectivity index (χ0) is 14.4. The lowest BCUT2D eigenvalue weighted by Crippen LogP contribution is -2.22. The smallest absolute Gasteiger partial charge is 0.193 e. The molecule has 0 bridgehead atoms. The summed E-state index contributed by atoms with van der Waals surface area (Å²) in [7, 11) is 0. The van der Waals surface area contributed by atoms with Crippen LogP contribution in [0.1, 0.15) is 18.1 Å². The lowest BCUT2D eigenvalue weighted by atomic mass is 10.1. The average Bonchev–Trinajstić information content (AvgIpc) is 2.46. The van der Waals surface area contributed by atoms with Gasteiger partial charge in [-0.1, -0.05) is 54.9 Å². The average molecular weight is 288 g/mol. The molecule has 0 saturated heterocycles. The first-order valence-electron chi connectivity index (χ1n) is 6.58. The van der Waals surface area contributed by atoms with Gasteiger partial charge in [-0.2, -0.15) is 0 Å². The van der Waals surface area contributed by atoms with E-state index in [9.17, 15) is 0 Å². The van der Waals surface area contributed by atoms with E-state index in [-0.39, 0.29) is 0 Å². The summed E-state index contributed by atoms with van der Waals surface area (Å²) < 4.78 is 0. The van der Waals surface area contributed by atoms with Gasteiger partial charge in [0.25, 0.3) is 0 Å². The Morgan fingerprint density at radius 2 is 1.95 bits per heavy atom. The van der Waals surface area contributed by atoms with Crippen LogP contribution in [0.15, 0.2) is 53.5 Å². The number of guanidine groups is 1. The number of aryl methyl sites for hydroxylation is 1. The van der Waals surface area contributed by atoms with Crippen molar-refractivity contribution in [2.75, 3.05) is 5.32 Å². The van der Waals surface area contributed by atoms with Gasteiger partial charge < -0.3 is 11.1 Å². The summed E-state index contributed by atoms with van der Waals surface area (Å²) in [4.78, 5) is 4.30. The third-order valence-corrected chi connectivity index (χ3v) is 3.33. The molecule has 2 aromatic carbocycles. The number of nitrogens with two attached hydrogens (primary N) is 1. The topological polar surface area (TPSA) is 50.4 Å². The molecular weight excluding hydrogens is 270 g/mol. The van der Waals surface area contributed by atoms with Crippen molar-refractivity contribution in [2.45, 2.75) is 19.9 Å². The Labute approximate surface area is 124 Å². The highest BCUT2D eigenvalue weighted by Crippen LogP contribution is 2.21. The van der Waals surface area contributed by atoms with E-state index >= 15 is 0 Å². The first kappa shape index (κ1) is 14.4. The number of nitrogens with one attached hydrogen (secondary N) is 1. The summed E-state index contributed by atoms with van der Waals surface area (Å²) in [5.74, 6) is 0.383. The van der Waals surface area contributed by atoms with Crippen molar-refractivity contribution in [3.8, 4) is 0 Å². The van der Waals surface area contributed by atoms with E-state index in [0.29, 0.717) is 12.5 Å². The van der Waals surface area contributed by atoms with Crippen molar-refractivity contribution >= 4 is 23.2 Å². The van der Waals surface area contributed by atoms with Gasteiger partial charge in [-0.05, 0) is 29.7 Å². The molecule has 0 amide bonds. The predicted octanol–water partition coefficient (Wildman–Crippen LogP) is 3.83. The first-order chi connectivity index (χ1) is 9.69. The van der Waals surface area contributed by atoms with Crippen molar-refractivity contribution < 1.29 is 0 Å². The molecule has 3 nitrogen and oxygen atoms in total. The number of rotatable bonds is 4. The number of aliphatic imine (C=N–C) groups is 1. The van der Waals surface area contributed by atoms with Gasteiger partial charge in [-0.15, -0.1) is 0 Å². The maximum atomic E-state index is 6.17. The minimum absolute atomic E-state index is 0.383. The van der Waals surface area contributed by atoms with Crippen LogP contribution in [0.25, 0.3) is 0 Å². The van der Waals surface area contributed by atoms with E-state index in [1.807, 2.05) is 48.5 Å². The maximum Gasteiger partial charge on any atom is 0.193 e. The van der Waals surface area contributed by atoms with E-state index in [2.05, 4.69) is 17.2 Å². The Kier molecular flexibility index (Phi) is 5.02. The van der Waals surface area contributed by atoms with Crippen LogP contribution in [-0.4, -0.2) is 5.96 Å². The minimum atomic E-state index is 0.383. The van der Waals surface area contributed by atoms with E-state index < -0.39 is 0 Å². The Balaban J connectivity index is 2.00. The second-order valence-electron chi connectivity index (χ2n) is 4.47. The fourth-order valence-corrected chi connectivity index (χ4v) is 2.17. The van der Waals surface area contributed by atoms with Crippen LogP contribution < -0.4 is 11.1 Å². The monoisotopic (exact) mass is 287 g/mol. The molecule has 0 saturated carbocycles. The third kappa shape index (κ3) is 4.00. The highest BCUT2D eigenvalue weighted by molar-refractivity contribution is 6.31. The Morgan fingerprint density at radius 3 is 2.60 bits per heavy atom. The maximum absolute atomic E-state index is 6.17. The summed E-state index contributed by atoms with van der Waals surface area (Å²) >= 11 is 6.17. The summed E-state index contributed by atoms with van der Waals surface area (Å²) in [5.41, 5.74) is 8.96. The zero-order valence-electron chi connectivity index (χ0n) is 11.4. The second-order valence-corrected chi connectivity index (χ2v) is 4.88. The summed E-state index contributed by atoms with van der Waals surface area (Å²) in [6.07, 6.45) is 0.913. The lowest BCUT2D eigenvalue weighted by Gasteiger charge is -2.08. The van der Waals surface area contributed by atoms with Crippen molar-refractivity contribution in [3.05, 3.63) is 64.7 Å². The molecule has 0 unspecified atom stereocenters. The van der Waals surface area contributed by atoms with Crippen molar-refractivity contribution in [1.82, 2.24) is 0 Å². The SMILES string of the molecule is CCc1ccc(NC(N)=NCc2ccccc2)cc1Cl. The molecule has 0 fully saturated rings. The lowest BCUT2D eigenvalue weighted by molar-refractivity contribution is 1.06. The largest absolute Gasteiger partial charge is 0.370 e. The molecule has 0 radical (unpaired) electrons. The number of halogens is 1. The summed E-state index contributed by atoms with van der Waals surface area (Å²) in [6.45, 7) is 2.63. The van der Waals surface area contributed by atoms with E-state index in [1.165, 1.54) is 0 Å². The molecule has 104 valence electrons. The normalized spacial score (nSPS) is 11.4. The number of hydrogen-bond acceptors (Lipinski definition) is 1. The van der Waals surface area contributed by atoms with Gasteiger partial charge in [0.2, 0.25) is 0 Å². The standard InChI is InChI=1S/C16H18ClN3/c1-2-13-8-9-14(10-15(13)17)20-16(18)19-11-12-6-4-3-5-7-12/h3-10H,2,11H2,1H3,(H3,18,19,20). The molecule has 2 rings (SSSR count). The Morgan fingerprint density at radius 1 is 1.20 bits per heavy atom. The number of benzene rings is 2. The molecule has 0 spiro atoms. The molecule has 3 N–H and O–H groups in total. The number of anilines is 1. The van der Waals surface area contributed by atoms with Gasteiger partial charge in [0, 0.05) is 10.7 Å². The van der Waals surface area contributed by atoms with Crippen LogP contribution in [0.5, 0.6) is 0 Å². The number of nitrogens with zero attached hydrogens (tertiary/aromatic N) is 1. The quantitative estimate of drug-likeness (QED) is 0.663. The van der Waals surface area contributed by atoms with Crippen LogP contribution in [0, 0.1) is 0 Å². The molecule has 4 heteroatoms. The van der Waals surface area contributed by atoms with Crippen LogP contribution >= 0.6 is 11.6 Å². The van der Waals surface area contributed by atoms with Crippen LogP contribution in [0.4, 0.5) is 5.69 Å². The second kappa shape index (κ2) is 6.96. The summed E-state index contributed by atoms with van der Waals surface area (Å²) in [5, 5.41) is 3.79. The van der Waals surface area contributed by atoms with E-state index in [0.717, 1.165) is 28.3 Å². The zero-order valence-corrected chi connectivity index (χ0v) is 12.2. The molecule has 0 aliphatic rings. The van der Waals surface area contributed by atoms with Gasteiger partial charge in [-0.25, -0.2) is 4.99 Å². The molecule has 0 aromatic heterocycles. The molecule has 0 aliphatic carbocycles. The van der Waals surface area contributed by atoms with Gasteiger partial charge in [0.15, 0.2) is 5.96 Å². The third-order valence-electron chi connectivity index (χ3n) is 2.98. The predicted molar refractivity (Wildman–Crippen MR) is 86.2 cm³/mol. The fraction of sp³-hybridized carbons (Fsp3) is 0.188.